The van der Waals surface area contributed by atoms with Gasteiger partial charge in [-0.1, -0.05) is 36.4 Å². The topological polar surface area (TPSA) is 54.0 Å². The number of Topliss-reactive ketones (excluding diaryl/α,β-unsaturated/α-hetero) is 1. The summed E-state index contributed by atoms with van der Waals surface area (Å²) in [6, 6.07) is 22.4. The van der Waals surface area contributed by atoms with Gasteiger partial charge in [-0.2, -0.15) is 0 Å². The fourth-order valence-corrected chi connectivity index (χ4v) is 4.80. The molecule has 0 N–H and O–H groups in total. The molecule has 0 saturated heterocycles. The Hall–Kier alpha value is -4.39. The van der Waals surface area contributed by atoms with E-state index in [4.69, 9.17) is 18.9 Å². The first-order chi connectivity index (χ1) is 19.4. The molecular weight excluding hydrogens is 514 g/mol. The van der Waals surface area contributed by atoms with Crippen molar-refractivity contribution in [3.05, 3.63) is 119 Å². The van der Waals surface area contributed by atoms with Gasteiger partial charge in [0.15, 0.2) is 28.8 Å². The monoisotopic (exact) mass is 546 g/mol. The van der Waals surface area contributed by atoms with Crippen LogP contribution in [0.4, 0.5) is 8.78 Å². The third-order valence-corrected chi connectivity index (χ3v) is 6.62. The molecule has 2 atom stereocenters. The van der Waals surface area contributed by atoms with Crippen LogP contribution in [-0.2, 0) is 4.79 Å². The molecule has 208 valence electrons. The SMILES string of the molecule is CCOc1ccc(C(C(=O)C(c2ccc(F)cc2)c2ccc(OCC)c(OC)c2)c2ccc(F)cc2)cc1OC. The highest BCUT2D eigenvalue weighted by Gasteiger charge is 2.33. The van der Waals surface area contributed by atoms with Crippen molar-refractivity contribution in [2.45, 2.75) is 25.7 Å². The van der Waals surface area contributed by atoms with Crippen LogP contribution < -0.4 is 18.9 Å². The molecule has 0 heterocycles. The van der Waals surface area contributed by atoms with Crippen molar-refractivity contribution in [1.82, 2.24) is 0 Å². The molecule has 2 unspecified atom stereocenters. The molecule has 0 aliphatic rings. The normalized spacial score (nSPS) is 12.3. The maximum atomic E-state index is 14.7. The van der Waals surface area contributed by atoms with Crippen LogP contribution in [0.5, 0.6) is 23.0 Å². The Balaban J connectivity index is 1.91. The zero-order valence-electron chi connectivity index (χ0n) is 22.9. The summed E-state index contributed by atoms with van der Waals surface area (Å²) in [6.45, 7) is 4.64. The van der Waals surface area contributed by atoms with E-state index in [-0.39, 0.29) is 5.78 Å². The lowest BCUT2D eigenvalue weighted by atomic mass is 9.77. The predicted octanol–water partition coefficient (Wildman–Crippen LogP) is 7.31. The van der Waals surface area contributed by atoms with Crippen molar-refractivity contribution in [2.24, 2.45) is 0 Å². The Morgan fingerprint density at radius 2 is 0.925 bits per heavy atom. The van der Waals surface area contributed by atoms with E-state index in [1.165, 1.54) is 38.5 Å². The van der Waals surface area contributed by atoms with E-state index in [2.05, 4.69) is 0 Å². The van der Waals surface area contributed by atoms with Crippen LogP contribution in [0.3, 0.4) is 0 Å². The van der Waals surface area contributed by atoms with Crippen LogP contribution in [0.25, 0.3) is 0 Å². The number of rotatable bonds is 12. The average Bonchev–Trinajstić information content (AvgIpc) is 2.97. The van der Waals surface area contributed by atoms with Crippen LogP contribution >= 0.6 is 0 Å². The van der Waals surface area contributed by atoms with Crippen LogP contribution in [0.15, 0.2) is 84.9 Å². The second-order valence-corrected chi connectivity index (χ2v) is 9.06. The van der Waals surface area contributed by atoms with Gasteiger partial charge in [-0.05, 0) is 84.6 Å². The van der Waals surface area contributed by atoms with Crippen molar-refractivity contribution in [3.8, 4) is 23.0 Å². The number of carbonyl (C=O) groups is 1. The second-order valence-electron chi connectivity index (χ2n) is 9.06. The fourth-order valence-electron chi connectivity index (χ4n) is 4.80. The van der Waals surface area contributed by atoms with E-state index in [1.54, 1.807) is 60.7 Å². The Bertz CT molecular complexity index is 1330. The van der Waals surface area contributed by atoms with Crippen molar-refractivity contribution in [2.75, 3.05) is 27.4 Å². The molecule has 0 aliphatic carbocycles. The first-order valence-electron chi connectivity index (χ1n) is 13.1. The molecule has 4 aromatic carbocycles. The van der Waals surface area contributed by atoms with E-state index in [1.807, 2.05) is 13.8 Å². The van der Waals surface area contributed by atoms with Crippen molar-refractivity contribution in [3.63, 3.8) is 0 Å². The number of hydrogen-bond acceptors (Lipinski definition) is 5. The van der Waals surface area contributed by atoms with Gasteiger partial charge < -0.3 is 18.9 Å². The highest BCUT2D eigenvalue weighted by atomic mass is 19.1. The summed E-state index contributed by atoms with van der Waals surface area (Å²) < 4.78 is 50.4. The molecule has 0 saturated carbocycles. The van der Waals surface area contributed by atoms with E-state index >= 15 is 0 Å². The molecule has 0 spiro atoms. The highest BCUT2D eigenvalue weighted by molar-refractivity contribution is 5.97. The van der Waals surface area contributed by atoms with Gasteiger partial charge in [0.1, 0.15) is 11.6 Å². The first-order valence-corrected chi connectivity index (χ1v) is 13.1. The van der Waals surface area contributed by atoms with Crippen LogP contribution in [0, 0.1) is 11.6 Å². The van der Waals surface area contributed by atoms with Gasteiger partial charge in [0.25, 0.3) is 0 Å². The highest BCUT2D eigenvalue weighted by Crippen LogP contribution is 2.41. The smallest absolute Gasteiger partial charge is 0.161 e. The number of methoxy groups -OCH3 is 2. The molecule has 0 amide bonds. The van der Waals surface area contributed by atoms with E-state index in [0.29, 0.717) is 58.5 Å². The Morgan fingerprint density at radius 1 is 0.575 bits per heavy atom. The van der Waals surface area contributed by atoms with E-state index < -0.39 is 23.5 Å². The Morgan fingerprint density at radius 3 is 1.25 bits per heavy atom. The minimum absolute atomic E-state index is 0.198. The molecule has 0 aromatic heterocycles. The lowest BCUT2D eigenvalue weighted by Crippen LogP contribution is -2.23. The molecular formula is C33H32F2O5. The first kappa shape index (κ1) is 28.6. The van der Waals surface area contributed by atoms with Gasteiger partial charge in [0.05, 0.1) is 39.3 Å². The van der Waals surface area contributed by atoms with Crippen LogP contribution in [0.2, 0.25) is 0 Å². The summed E-state index contributed by atoms with van der Waals surface area (Å²) in [5, 5.41) is 0. The van der Waals surface area contributed by atoms with Gasteiger partial charge in [0, 0.05) is 0 Å². The molecule has 0 bridgehead atoms. The summed E-state index contributed by atoms with van der Waals surface area (Å²) in [5.74, 6) is -0.598. The Labute approximate surface area is 233 Å². The second kappa shape index (κ2) is 13.1. The number of benzene rings is 4. The van der Waals surface area contributed by atoms with Crippen molar-refractivity contribution >= 4 is 5.78 Å². The van der Waals surface area contributed by atoms with Gasteiger partial charge in [-0.3, -0.25) is 4.79 Å². The quantitative estimate of drug-likeness (QED) is 0.186. The fraction of sp³-hybridized carbons (Fsp3) is 0.242. The summed E-state index contributed by atoms with van der Waals surface area (Å²) >= 11 is 0. The molecule has 0 radical (unpaired) electrons. The molecule has 5 nitrogen and oxygen atoms in total. The van der Waals surface area contributed by atoms with Crippen LogP contribution in [-0.4, -0.2) is 33.2 Å². The minimum atomic E-state index is -0.808. The zero-order valence-corrected chi connectivity index (χ0v) is 22.9. The molecule has 40 heavy (non-hydrogen) atoms. The number of halogens is 2. The third-order valence-electron chi connectivity index (χ3n) is 6.62. The van der Waals surface area contributed by atoms with Crippen LogP contribution in [0.1, 0.15) is 47.9 Å². The lowest BCUT2D eigenvalue weighted by Gasteiger charge is -2.25. The Kier molecular flexibility index (Phi) is 9.38. The van der Waals surface area contributed by atoms with Gasteiger partial charge in [-0.25, -0.2) is 8.78 Å². The maximum absolute atomic E-state index is 14.7. The summed E-state index contributed by atoms with van der Waals surface area (Å²) in [7, 11) is 3.06. The van der Waals surface area contributed by atoms with Crippen molar-refractivity contribution in [1.29, 1.82) is 0 Å². The average molecular weight is 547 g/mol. The molecule has 0 fully saturated rings. The third kappa shape index (κ3) is 6.25. The molecule has 4 aromatic rings. The van der Waals surface area contributed by atoms with Gasteiger partial charge in [0.2, 0.25) is 0 Å². The standard InChI is InChI=1S/C33H32F2O5/c1-5-39-27-17-11-23(19-29(27)37-3)31(21-7-13-25(34)14-8-21)33(36)32(22-9-15-26(35)16-10-22)24-12-18-28(40-6-2)30(20-24)38-4/h7-20,31-32H,5-6H2,1-4H3. The maximum Gasteiger partial charge on any atom is 0.161 e. The number of ketones is 1. The summed E-state index contributed by atoms with van der Waals surface area (Å²) in [4.78, 5) is 14.7. The van der Waals surface area contributed by atoms with E-state index in [0.717, 1.165) is 0 Å². The van der Waals surface area contributed by atoms with E-state index in [9.17, 15) is 13.6 Å². The largest absolute Gasteiger partial charge is 0.493 e. The number of hydrogen-bond donors (Lipinski definition) is 0. The number of ether oxygens (including phenoxy) is 4. The number of carbonyl (C=O) groups excluding carboxylic acids is 1. The lowest BCUT2D eigenvalue weighted by molar-refractivity contribution is -0.120. The molecule has 7 heteroatoms. The predicted molar refractivity (Wildman–Crippen MR) is 150 cm³/mol. The zero-order chi connectivity index (χ0) is 28.6. The van der Waals surface area contributed by atoms with Gasteiger partial charge in [-0.15, -0.1) is 0 Å². The minimum Gasteiger partial charge on any atom is -0.493 e. The van der Waals surface area contributed by atoms with Crippen molar-refractivity contribution < 1.29 is 32.5 Å². The summed E-state index contributed by atoms with van der Waals surface area (Å²) in [5.41, 5.74) is 2.48. The molecule has 0 aliphatic heterocycles. The summed E-state index contributed by atoms with van der Waals surface area (Å²) in [6.07, 6.45) is 0. The molecule has 4 rings (SSSR count). The van der Waals surface area contributed by atoms with Gasteiger partial charge >= 0.3 is 0 Å².